The van der Waals surface area contributed by atoms with Gasteiger partial charge in [-0.15, -0.1) is 11.3 Å². The molecule has 0 spiro atoms. The topological polar surface area (TPSA) is 117 Å². The molecule has 228 valence electrons. The van der Waals surface area contributed by atoms with Gasteiger partial charge in [-0.05, 0) is 92.5 Å². The summed E-state index contributed by atoms with van der Waals surface area (Å²) in [6.45, 7) is 3.00. The molecule has 4 heterocycles. The Morgan fingerprint density at radius 1 is 1.02 bits per heavy atom. The number of anilines is 3. The molecule has 9 nitrogen and oxygen atoms in total. The van der Waals surface area contributed by atoms with Crippen LogP contribution in [-0.4, -0.2) is 50.6 Å². The van der Waals surface area contributed by atoms with Gasteiger partial charge in [0.2, 0.25) is 0 Å². The van der Waals surface area contributed by atoms with Crippen LogP contribution in [0.1, 0.15) is 68.1 Å². The van der Waals surface area contributed by atoms with E-state index in [9.17, 15) is 19.5 Å². The minimum atomic E-state index is -0.353. The van der Waals surface area contributed by atoms with Crippen molar-refractivity contribution >= 4 is 40.3 Å². The third-order valence-corrected chi connectivity index (χ3v) is 9.81. The van der Waals surface area contributed by atoms with Gasteiger partial charge >= 0.3 is 0 Å². The lowest BCUT2D eigenvalue weighted by atomic mass is 10.00. The summed E-state index contributed by atoms with van der Waals surface area (Å²) in [5.41, 5.74) is 5.22. The molecule has 10 heteroatoms. The molecule has 6 rings (SSSR count). The van der Waals surface area contributed by atoms with E-state index < -0.39 is 0 Å². The van der Waals surface area contributed by atoms with Crippen molar-refractivity contribution in [2.24, 2.45) is 7.05 Å². The molecule has 1 aliphatic carbocycles. The van der Waals surface area contributed by atoms with Crippen molar-refractivity contribution < 1.29 is 14.7 Å². The van der Waals surface area contributed by atoms with Gasteiger partial charge in [-0.3, -0.25) is 14.4 Å². The first-order valence-corrected chi connectivity index (χ1v) is 16.0. The van der Waals surface area contributed by atoms with Crippen LogP contribution in [0, 0.1) is 6.92 Å². The third-order valence-electron chi connectivity index (χ3n) is 8.57. The summed E-state index contributed by atoms with van der Waals surface area (Å²) in [6, 6.07) is 13.0. The van der Waals surface area contributed by atoms with Gasteiger partial charge < -0.3 is 25.2 Å². The summed E-state index contributed by atoms with van der Waals surface area (Å²) in [5, 5.41) is 16.0. The van der Waals surface area contributed by atoms with E-state index in [0.717, 1.165) is 40.1 Å². The Labute approximate surface area is 260 Å². The molecule has 3 N–H and O–H groups in total. The molecule has 2 aliphatic rings. The summed E-state index contributed by atoms with van der Waals surface area (Å²) in [4.78, 5) is 47.4. The normalized spacial score (nSPS) is 15.4. The van der Waals surface area contributed by atoms with E-state index >= 15 is 0 Å². The number of aromatic nitrogens is 2. The number of hydrogen-bond donors (Lipinski definition) is 3. The predicted octanol–water partition coefficient (Wildman–Crippen LogP) is 5.68. The molecule has 0 unspecified atom stereocenters. The fraction of sp³-hybridized carbons (Fsp3) is 0.353. The number of aliphatic hydroxyl groups excluding tert-OH is 1. The van der Waals surface area contributed by atoms with Crippen LogP contribution in [0.2, 0.25) is 0 Å². The standard InChI is InChI=1S/C34H37N5O4S/c1-21-26(8-6-9-27(21)37-32(41)30-18-22-7-4-3-5-10-29(22)44-30)24-17-28(34(43)38(2)20-24)36-31-12-11-23(19-35-31)33(42)39-15-13-25(40)14-16-39/h6,8-9,11-12,17-20,25,40H,3-5,7,10,13-16H2,1-2H3,(H,35,36)(H,37,41). The lowest BCUT2D eigenvalue weighted by Crippen LogP contribution is -2.40. The van der Waals surface area contributed by atoms with Crippen molar-refractivity contribution in [3.8, 4) is 11.1 Å². The fourth-order valence-corrected chi connectivity index (χ4v) is 7.13. The van der Waals surface area contributed by atoms with Crippen molar-refractivity contribution in [1.82, 2.24) is 14.5 Å². The second-order valence-corrected chi connectivity index (χ2v) is 12.8. The lowest BCUT2D eigenvalue weighted by molar-refractivity contribution is 0.0546. The molecule has 0 bridgehead atoms. The van der Waals surface area contributed by atoms with Crippen LogP contribution in [-0.2, 0) is 19.9 Å². The molecule has 0 radical (unpaired) electrons. The molecule has 1 saturated heterocycles. The highest BCUT2D eigenvalue weighted by Gasteiger charge is 2.23. The Kier molecular flexibility index (Phi) is 8.63. The Bertz CT molecular complexity index is 1730. The van der Waals surface area contributed by atoms with Crippen molar-refractivity contribution in [3.05, 3.63) is 91.7 Å². The van der Waals surface area contributed by atoms with Crippen molar-refractivity contribution in [2.75, 3.05) is 23.7 Å². The number of benzene rings is 1. The highest BCUT2D eigenvalue weighted by Crippen LogP contribution is 2.32. The molecule has 44 heavy (non-hydrogen) atoms. The number of carbonyl (C=O) groups is 2. The lowest BCUT2D eigenvalue weighted by Gasteiger charge is -2.29. The monoisotopic (exact) mass is 611 g/mol. The maximum atomic E-state index is 13.2. The van der Waals surface area contributed by atoms with Gasteiger partial charge in [-0.25, -0.2) is 4.98 Å². The van der Waals surface area contributed by atoms with Crippen LogP contribution in [0.15, 0.2) is 59.7 Å². The van der Waals surface area contributed by atoms with Crippen LogP contribution in [0.4, 0.5) is 17.2 Å². The summed E-state index contributed by atoms with van der Waals surface area (Å²) in [6.07, 6.45) is 9.76. The van der Waals surface area contributed by atoms with E-state index in [1.807, 2.05) is 25.1 Å². The van der Waals surface area contributed by atoms with E-state index in [-0.39, 0.29) is 23.5 Å². The molecule has 0 saturated carbocycles. The first-order chi connectivity index (χ1) is 21.3. The number of hydrogen-bond acceptors (Lipinski definition) is 7. The second-order valence-electron chi connectivity index (χ2n) is 11.7. The molecule has 1 aliphatic heterocycles. The number of thiophene rings is 1. The zero-order valence-electron chi connectivity index (χ0n) is 25.1. The Hall–Kier alpha value is -4.28. The number of amides is 2. The van der Waals surface area contributed by atoms with Crippen LogP contribution in [0.5, 0.6) is 0 Å². The quantitative estimate of drug-likeness (QED) is 0.242. The number of pyridine rings is 2. The molecule has 4 aromatic rings. The zero-order valence-corrected chi connectivity index (χ0v) is 25.9. The van der Waals surface area contributed by atoms with E-state index in [2.05, 4.69) is 21.7 Å². The van der Waals surface area contributed by atoms with Gasteiger partial charge in [0.1, 0.15) is 11.5 Å². The summed E-state index contributed by atoms with van der Waals surface area (Å²) in [5.74, 6) is 0.222. The van der Waals surface area contributed by atoms with E-state index in [4.69, 9.17) is 0 Å². The zero-order chi connectivity index (χ0) is 30.8. The van der Waals surface area contributed by atoms with Crippen LogP contribution < -0.4 is 16.2 Å². The van der Waals surface area contributed by atoms with Crippen molar-refractivity contribution in [1.29, 1.82) is 0 Å². The number of aliphatic hydroxyl groups is 1. The minimum absolute atomic E-state index is 0.1000. The Balaban J connectivity index is 1.20. The average molecular weight is 612 g/mol. The molecule has 1 fully saturated rings. The SMILES string of the molecule is Cc1c(NC(=O)c2cc3c(s2)CCCCC3)cccc1-c1cc(Nc2ccc(C(=O)N3CCC(O)CC3)cn2)c(=O)n(C)c1. The van der Waals surface area contributed by atoms with Gasteiger partial charge in [0.05, 0.1) is 16.5 Å². The summed E-state index contributed by atoms with van der Waals surface area (Å²) >= 11 is 1.60. The largest absolute Gasteiger partial charge is 0.393 e. The first-order valence-electron chi connectivity index (χ1n) is 15.2. The highest BCUT2D eigenvalue weighted by atomic mass is 32.1. The fourth-order valence-electron chi connectivity index (χ4n) is 5.98. The van der Waals surface area contributed by atoms with Gasteiger partial charge in [-0.2, -0.15) is 0 Å². The predicted molar refractivity (Wildman–Crippen MR) is 174 cm³/mol. The Morgan fingerprint density at radius 2 is 1.82 bits per heavy atom. The van der Waals surface area contributed by atoms with Crippen LogP contribution >= 0.6 is 11.3 Å². The van der Waals surface area contributed by atoms with E-state index in [1.165, 1.54) is 40.5 Å². The average Bonchev–Trinajstić information content (AvgIpc) is 3.31. The maximum Gasteiger partial charge on any atom is 0.274 e. The van der Waals surface area contributed by atoms with Crippen LogP contribution in [0.3, 0.4) is 0 Å². The number of rotatable bonds is 6. The third kappa shape index (κ3) is 6.32. The molecule has 1 aromatic carbocycles. The first kappa shape index (κ1) is 29.8. The van der Waals surface area contributed by atoms with E-state index in [1.54, 1.807) is 47.7 Å². The minimum Gasteiger partial charge on any atom is -0.393 e. The Morgan fingerprint density at radius 3 is 2.59 bits per heavy atom. The van der Waals surface area contributed by atoms with Gasteiger partial charge in [-0.1, -0.05) is 18.6 Å². The van der Waals surface area contributed by atoms with Gasteiger partial charge in [0.15, 0.2) is 0 Å². The number of carbonyl (C=O) groups excluding carboxylic acids is 2. The number of nitrogens with zero attached hydrogens (tertiary/aromatic N) is 3. The number of piperidine rings is 1. The molecular weight excluding hydrogens is 574 g/mol. The molecule has 2 amide bonds. The number of nitrogens with one attached hydrogen (secondary N) is 2. The van der Waals surface area contributed by atoms with Gasteiger partial charge in [0, 0.05) is 48.7 Å². The number of fused-ring (bicyclic) bond motifs is 1. The van der Waals surface area contributed by atoms with Crippen molar-refractivity contribution in [2.45, 2.75) is 58.0 Å². The van der Waals surface area contributed by atoms with Crippen molar-refractivity contribution in [3.63, 3.8) is 0 Å². The number of aryl methyl sites for hydroxylation is 3. The smallest absolute Gasteiger partial charge is 0.274 e. The second kappa shape index (κ2) is 12.8. The van der Waals surface area contributed by atoms with E-state index in [0.29, 0.717) is 43.0 Å². The molecular formula is C34H37N5O4S. The highest BCUT2D eigenvalue weighted by molar-refractivity contribution is 7.14. The molecule has 0 atom stereocenters. The summed E-state index contributed by atoms with van der Waals surface area (Å²) in [7, 11) is 1.70. The molecule has 3 aromatic heterocycles. The van der Waals surface area contributed by atoms with Crippen LogP contribution in [0.25, 0.3) is 11.1 Å². The summed E-state index contributed by atoms with van der Waals surface area (Å²) < 4.78 is 1.52. The maximum absolute atomic E-state index is 13.2. The van der Waals surface area contributed by atoms with Gasteiger partial charge in [0.25, 0.3) is 17.4 Å². The number of likely N-dealkylation sites (tertiary alicyclic amines) is 1.